The van der Waals surface area contributed by atoms with Crippen molar-refractivity contribution in [1.29, 1.82) is 0 Å². The van der Waals surface area contributed by atoms with E-state index in [1.807, 2.05) is 11.0 Å². The zero-order valence-electron chi connectivity index (χ0n) is 12.2. The first-order valence-corrected chi connectivity index (χ1v) is 7.87. The summed E-state index contributed by atoms with van der Waals surface area (Å²) in [7, 11) is 0. The van der Waals surface area contributed by atoms with Gasteiger partial charge in [0, 0.05) is 18.7 Å². The molecule has 4 heteroatoms. The number of piperidine rings is 1. The third kappa shape index (κ3) is 2.89. The van der Waals surface area contributed by atoms with Gasteiger partial charge in [0.05, 0.1) is 5.92 Å². The minimum atomic E-state index is -0.275. The van der Waals surface area contributed by atoms with Crippen molar-refractivity contribution in [3.05, 3.63) is 11.6 Å². The average molecular weight is 276 g/mol. The lowest BCUT2D eigenvalue weighted by Gasteiger charge is -2.36. The van der Waals surface area contributed by atoms with Crippen LogP contribution in [0.25, 0.3) is 0 Å². The summed E-state index contributed by atoms with van der Waals surface area (Å²) in [6.07, 6.45) is 8.54. The number of primary amides is 1. The minimum Gasteiger partial charge on any atom is -0.369 e. The summed E-state index contributed by atoms with van der Waals surface area (Å²) in [6.45, 7) is 2.56. The quantitative estimate of drug-likeness (QED) is 0.796. The summed E-state index contributed by atoms with van der Waals surface area (Å²) >= 11 is 0. The van der Waals surface area contributed by atoms with Crippen molar-refractivity contribution < 1.29 is 9.59 Å². The van der Waals surface area contributed by atoms with Crippen LogP contribution in [0.2, 0.25) is 0 Å². The van der Waals surface area contributed by atoms with Crippen LogP contribution in [0.4, 0.5) is 0 Å². The molecular formula is C16H24N2O2. The molecule has 3 aliphatic rings. The molecule has 0 aromatic rings. The van der Waals surface area contributed by atoms with Crippen molar-refractivity contribution in [2.75, 3.05) is 6.54 Å². The number of allylic oxidation sites excluding steroid dienone is 1. The highest BCUT2D eigenvalue weighted by Gasteiger charge is 2.38. The standard InChI is InChI=1S/C16H24N2O2/c1-10-2-3-13(16(17)20)9-18(10)15(19)8-14(11-4-5-11)12-6-7-12/h8,10-13H,2-7,9H2,1H3,(H2,17,20)/t10-,13-/m0/s1. The first-order valence-electron chi connectivity index (χ1n) is 7.87. The van der Waals surface area contributed by atoms with Crippen molar-refractivity contribution in [3.63, 3.8) is 0 Å². The second-order valence-electron chi connectivity index (χ2n) is 6.71. The van der Waals surface area contributed by atoms with Crippen molar-refractivity contribution in [2.45, 2.75) is 51.5 Å². The maximum Gasteiger partial charge on any atom is 0.246 e. The molecule has 0 spiro atoms. The molecule has 1 heterocycles. The zero-order chi connectivity index (χ0) is 14.3. The van der Waals surface area contributed by atoms with E-state index in [4.69, 9.17) is 5.73 Å². The Morgan fingerprint density at radius 1 is 1.00 bits per heavy atom. The van der Waals surface area contributed by atoms with Crippen LogP contribution in [-0.2, 0) is 9.59 Å². The molecule has 1 saturated heterocycles. The number of amides is 2. The van der Waals surface area contributed by atoms with E-state index in [1.54, 1.807) is 0 Å². The van der Waals surface area contributed by atoms with Gasteiger partial charge in [-0.15, -0.1) is 0 Å². The topological polar surface area (TPSA) is 63.4 Å². The third-order valence-electron chi connectivity index (χ3n) is 4.96. The maximum absolute atomic E-state index is 12.5. The van der Waals surface area contributed by atoms with Gasteiger partial charge in [0.1, 0.15) is 0 Å². The highest BCUT2D eigenvalue weighted by Crippen LogP contribution is 2.48. The molecule has 3 fully saturated rings. The Bertz CT molecular complexity index is 435. The monoisotopic (exact) mass is 276 g/mol. The van der Waals surface area contributed by atoms with Crippen LogP contribution >= 0.6 is 0 Å². The number of hydrogen-bond acceptors (Lipinski definition) is 2. The molecule has 0 aromatic carbocycles. The smallest absolute Gasteiger partial charge is 0.246 e. The number of carbonyl (C=O) groups excluding carboxylic acids is 2. The van der Waals surface area contributed by atoms with E-state index in [0.29, 0.717) is 18.4 Å². The van der Waals surface area contributed by atoms with Crippen LogP contribution in [0.3, 0.4) is 0 Å². The lowest BCUT2D eigenvalue weighted by Crippen LogP contribution is -2.48. The van der Waals surface area contributed by atoms with Gasteiger partial charge in [-0.2, -0.15) is 0 Å². The van der Waals surface area contributed by atoms with E-state index >= 15 is 0 Å². The van der Waals surface area contributed by atoms with Crippen LogP contribution in [-0.4, -0.2) is 29.3 Å². The number of nitrogens with two attached hydrogens (primary N) is 1. The molecule has 4 nitrogen and oxygen atoms in total. The van der Waals surface area contributed by atoms with Gasteiger partial charge in [0.2, 0.25) is 11.8 Å². The van der Waals surface area contributed by atoms with E-state index in [-0.39, 0.29) is 23.8 Å². The van der Waals surface area contributed by atoms with Crippen LogP contribution in [0.15, 0.2) is 11.6 Å². The molecule has 0 aromatic heterocycles. The van der Waals surface area contributed by atoms with E-state index in [9.17, 15) is 9.59 Å². The van der Waals surface area contributed by atoms with Crippen molar-refractivity contribution >= 4 is 11.8 Å². The fraction of sp³-hybridized carbons (Fsp3) is 0.750. The van der Waals surface area contributed by atoms with Gasteiger partial charge in [-0.1, -0.05) is 5.57 Å². The minimum absolute atomic E-state index is 0.0947. The number of nitrogens with zero attached hydrogens (tertiary/aromatic N) is 1. The van der Waals surface area contributed by atoms with Crippen LogP contribution < -0.4 is 5.73 Å². The maximum atomic E-state index is 12.5. The fourth-order valence-electron chi connectivity index (χ4n) is 3.27. The Hall–Kier alpha value is -1.32. The summed E-state index contributed by atoms with van der Waals surface area (Å²) in [4.78, 5) is 25.8. The van der Waals surface area contributed by atoms with Gasteiger partial charge >= 0.3 is 0 Å². The van der Waals surface area contributed by atoms with Crippen molar-refractivity contribution in [3.8, 4) is 0 Å². The van der Waals surface area contributed by atoms with Gasteiger partial charge in [-0.3, -0.25) is 9.59 Å². The first kappa shape index (κ1) is 13.7. The predicted octanol–water partition coefficient (Wildman–Crippen LogP) is 1.85. The normalized spacial score (nSPS) is 29.9. The Morgan fingerprint density at radius 2 is 1.55 bits per heavy atom. The van der Waals surface area contributed by atoms with Crippen molar-refractivity contribution in [1.82, 2.24) is 4.90 Å². The number of rotatable bonds is 4. The molecule has 0 unspecified atom stereocenters. The third-order valence-corrected chi connectivity index (χ3v) is 4.96. The van der Waals surface area contributed by atoms with Gasteiger partial charge in [-0.25, -0.2) is 0 Å². The summed E-state index contributed by atoms with van der Waals surface area (Å²) in [5.41, 5.74) is 6.78. The zero-order valence-corrected chi connectivity index (χ0v) is 12.2. The molecule has 110 valence electrons. The molecule has 2 saturated carbocycles. The van der Waals surface area contributed by atoms with E-state index in [2.05, 4.69) is 6.92 Å². The number of hydrogen-bond donors (Lipinski definition) is 1. The van der Waals surface area contributed by atoms with Crippen LogP contribution in [0.1, 0.15) is 45.4 Å². The Balaban J connectivity index is 1.71. The molecule has 2 atom stereocenters. The van der Waals surface area contributed by atoms with Gasteiger partial charge in [-0.05, 0) is 57.3 Å². The van der Waals surface area contributed by atoms with Gasteiger partial charge in [0.15, 0.2) is 0 Å². The Morgan fingerprint density at radius 3 is 2.05 bits per heavy atom. The molecule has 20 heavy (non-hydrogen) atoms. The first-order chi connectivity index (χ1) is 9.56. The second-order valence-corrected chi connectivity index (χ2v) is 6.71. The van der Waals surface area contributed by atoms with Crippen molar-refractivity contribution in [2.24, 2.45) is 23.5 Å². The second kappa shape index (κ2) is 5.23. The highest BCUT2D eigenvalue weighted by molar-refractivity contribution is 5.89. The van der Waals surface area contributed by atoms with E-state index in [0.717, 1.165) is 12.8 Å². The van der Waals surface area contributed by atoms with Crippen LogP contribution in [0.5, 0.6) is 0 Å². The summed E-state index contributed by atoms with van der Waals surface area (Å²) in [5.74, 6) is 0.978. The number of carbonyl (C=O) groups is 2. The van der Waals surface area contributed by atoms with Gasteiger partial charge < -0.3 is 10.6 Å². The summed E-state index contributed by atoms with van der Waals surface area (Å²) in [5, 5.41) is 0. The molecule has 2 aliphatic carbocycles. The van der Waals surface area contributed by atoms with Crippen LogP contribution in [0, 0.1) is 17.8 Å². The lowest BCUT2D eigenvalue weighted by atomic mass is 9.92. The average Bonchev–Trinajstić information content (AvgIpc) is 3.28. The molecule has 0 bridgehead atoms. The molecular weight excluding hydrogens is 252 g/mol. The van der Waals surface area contributed by atoms with E-state index in [1.165, 1.54) is 31.3 Å². The fourth-order valence-corrected chi connectivity index (χ4v) is 3.27. The number of likely N-dealkylation sites (tertiary alicyclic amines) is 1. The molecule has 2 N–H and O–H groups in total. The largest absolute Gasteiger partial charge is 0.369 e. The predicted molar refractivity (Wildman–Crippen MR) is 76.6 cm³/mol. The molecule has 1 aliphatic heterocycles. The van der Waals surface area contributed by atoms with E-state index < -0.39 is 0 Å². The van der Waals surface area contributed by atoms with Gasteiger partial charge in [0.25, 0.3) is 0 Å². The Labute approximate surface area is 120 Å². The molecule has 0 radical (unpaired) electrons. The Kier molecular flexibility index (Phi) is 3.57. The molecule has 2 amide bonds. The molecule has 3 rings (SSSR count). The summed E-state index contributed by atoms with van der Waals surface area (Å²) in [6, 6.07) is 0.217. The summed E-state index contributed by atoms with van der Waals surface area (Å²) < 4.78 is 0. The SMILES string of the molecule is C[C@H]1CC[C@H](C(N)=O)CN1C(=O)C=C(C1CC1)C1CC1. The highest BCUT2D eigenvalue weighted by atomic mass is 16.2. The lowest BCUT2D eigenvalue weighted by molar-refractivity contribution is -0.133.